The van der Waals surface area contributed by atoms with Crippen LogP contribution >= 0.6 is 0 Å². The molecule has 0 aliphatic carbocycles. The van der Waals surface area contributed by atoms with Crippen molar-refractivity contribution in [2.75, 3.05) is 25.0 Å². The molecule has 34 heavy (non-hydrogen) atoms. The maximum absolute atomic E-state index is 13.6. The summed E-state index contributed by atoms with van der Waals surface area (Å²) in [5, 5.41) is 3.00. The number of para-hydroxylation sites is 3. The molecule has 0 spiro atoms. The van der Waals surface area contributed by atoms with Crippen LogP contribution in [0.3, 0.4) is 0 Å². The van der Waals surface area contributed by atoms with E-state index in [9.17, 15) is 9.18 Å². The van der Waals surface area contributed by atoms with E-state index in [0.717, 1.165) is 43.0 Å². The highest BCUT2D eigenvalue weighted by molar-refractivity contribution is 5.93. The van der Waals surface area contributed by atoms with Crippen LogP contribution in [0.1, 0.15) is 24.7 Å². The van der Waals surface area contributed by atoms with Gasteiger partial charge in [0.1, 0.15) is 17.4 Å². The van der Waals surface area contributed by atoms with E-state index in [1.807, 2.05) is 61.5 Å². The number of ether oxygens (including phenoxy) is 1. The van der Waals surface area contributed by atoms with E-state index in [0.29, 0.717) is 23.5 Å². The van der Waals surface area contributed by atoms with Gasteiger partial charge in [-0.25, -0.2) is 9.37 Å². The number of carbonyl (C=O) groups is 1. The minimum Gasteiger partial charge on any atom is -0.455 e. The van der Waals surface area contributed by atoms with Crippen molar-refractivity contribution in [2.45, 2.75) is 25.8 Å². The number of halogens is 1. The molecule has 1 aliphatic rings. The number of aryl methyl sites for hydroxylation is 1. The zero-order valence-electron chi connectivity index (χ0n) is 19.1. The van der Waals surface area contributed by atoms with Gasteiger partial charge in [0.2, 0.25) is 5.91 Å². The SMILES string of the molecule is Cc1nc2cc(F)ccc2n1C1CCN(CC(=O)Nc2ccccc2Oc2ccccc2)CC1. The van der Waals surface area contributed by atoms with Crippen molar-refractivity contribution < 1.29 is 13.9 Å². The summed E-state index contributed by atoms with van der Waals surface area (Å²) in [6, 6.07) is 22.0. The van der Waals surface area contributed by atoms with Gasteiger partial charge in [0.15, 0.2) is 5.75 Å². The molecule has 2 heterocycles. The van der Waals surface area contributed by atoms with Crippen LogP contribution in [0.25, 0.3) is 11.0 Å². The molecule has 0 bridgehead atoms. The Bertz CT molecular complexity index is 1300. The Morgan fingerprint density at radius 1 is 1.06 bits per heavy atom. The van der Waals surface area contributed by atoms with Crippen molar-refractivity contribution in [1.82, 2.24) is 14.5 Å². The number of anilines is 1. The van der Waals surface area contributed by atoms with Crippen LogP contribution < -0.4 is 10.1 Å². The number of hydrogen-bond acceptors (Lipinski definition) is 4. The number of benzene rings is 3. The van der Waals surface area contributed by atoms with Crippen LogP contribution in [0.5, 0.6) is 11.5 Å². The predicted octanol–water partition coefficient (Wildman–Crippen LogP) is 5.55. The smallest absolute Gasteiger partial charge is 0.238 e. The third-order valence-corrected chi connectivity index (χ3v) is 6.25. The summed E-state index contributed by atoms with van der Waals surface area (Å²) in [4.78, 5) is 19.5. The van der Waals surface area contributed by atoms with Crippen LogP contribution in [0, 0.1) is 12.7 Å². The van der Waals surface area contributed by atoms with Crippen molar-refractivity contribution >= 4 is 22.6 Å². The Morgan fingerprint density at radius 2 is 1.79 bits per heavy atom. The van der Waals surface area contributed by atoms with Gasteiger partial charge in [-0.15, -0.1) is 0 Å². The number of nitrogens with zero attached hydrogens (tertiary/aromatic N) is 3. The van der Waals surface area contributed by atoms with Crippen molar-refractivity contribution in [2.24, 2.45) is 0 Å². The molecule has 174 valence electrons. The lowest BCUT2D eigenvalue weighted by atomic mass is 10.0. The zero-order chi connectivity index (χ0) is 23.5. The summed E-state index contributed by atoms with van der Waals surface area (Å²) >= 11 is 0. The van der Waals surface area contributed by atoms with Crippen LogP contribution in [0.2, 0.25) is 0 Å². The molecular weight excluding hydrogens is 431 g/mol. The van der Waals surface area contributed by atoms with Crippen molar-refractivity contribution in [3.63, 3.8) is 0 Å². The highest BCUT2D eigenvalue weighted by Crippen LogP contribution is 2.30. The van der Waals surface area contributed by atoms with Gasteiger partial charge >= 0.3 is 0 Å². The molecule has 1 aliphatic heterocycles. The highest BCUT2D eigenvalue weighted by atomic mass is 19.1. The minimum atomic E-state index is -0.270. The molecule has 1 amide bonds. The second kappa shape index (κ2) is 9.65. The molecule has 1 aromatic heterocycles. The first kappa shape index (κ1) is 22.1. The summed E-state index contributed by atoms with van der Waals surface area (Å²) in [6.07, 6.45) is 1.81. The standard InChI is InChI=1S/C27H27FN4O2/c1-19-29-24-17-20(28)11-12-25(24)32(19)21-13-15-31(16-14-21)18-27(33)30-23-9-5-6-10-26(23)34-22-7-3-2-4-8-22/h2-12,17,21H,13-16,18H2,1H3,(H,30,33). The average molecular weight is 459 g/mol. The third kappa shape index (κ3) is 4.79. The van der Waals surface area contributed by atoms with E-state index in [1.165, 1.54) is 12.1 Å². The predicted molar refractivity (Wildman–Crippen MR) is 131 cm³/mol. The first-order valence-electron chi connectivity index (χ1n) is 11.5. The number of amides is 1. The molecule has 7 heteroatoms. The van der Waals surface area contributed by atoms with Gasteiger partial charge in [0, 0.05) is 25.2 Å². The van der Waals surface area contributed by atoms with E-state index < -0.39 is 0 Å². The van der Waals surface area contributed by atoms with Gasteiger partial charge in [-0.3, -0.25) is 9.69 Å². The molecule has 0 atom stereocenters. The van der Waals surface area contributed by atoms with E-state index in [-0.39, 0.29) is 17.8 Å². The van der Waals surface area contributed by atoms with Gasteiger partial charge in [0.25, 0.3) is 0 Å². The molecule has 6 nitrogen and oxygen atoms in total. The van der Waals surface area contributed by atoms with Gasteiger partial charge in [-0.05, 0) is 56.2 Å². The number of hydrogen-bond donors (Lipinski definition) is 1. The molecule has 0 unspecified atom stereocenters. The van der Waals surface area contributed by atoms with Crippen LogP contribution in [-0.4, -0.2) is 40.0 Å². The van der Waals surface area contributed by atoms with Gasteiger partial charge in [0.05, 0.1) is 23.3 Å². The first-order valence-corrected chi connectivity index (χ1v) is 11.5. The number of rotatable bonds is 6. The molecule has 3 aromatic carbocycles. The summed E-state index contributed by atoms with van der Waals surface area (Å²) in [7, 11) is 0. The lowest BCUT2D eigenvalue weighted by Gasteiger charge is -2.33. The lowest BCUT2D eigenvalue weighted by molar-refractivity contribution is -0.117. The summed E-state index contributed by atoms with van der Waals surface area (Å²) < 4.78 is 21.7. The van der Waals surface area contributed by atoms with E-state index in [1.54, 1.807) is 6.07 Å². The normalized spacial score (nSPS) is 14.9. The fourth-order valence-corrected chi connectivity index (χ4v) is 4.66. The Kier molecular flexibility index (Phi) is 6.27. The Hall–Kier alpha value is -3.71. The van der Waals surface area contributed by atoms with Crippen molar-refractivity contribution in [3.05, 3.63) is 84.4 Å². The number of fused-ring (bicyclic) bond motifs is 1. The quantitative estimate of drug-likeness (QED) is 0.411. The second-order valence-corrected chi connectivity index (χ2v) is 8.63. The number of imidazole rings is 1. The molecule has 0 saturated carbocycles. The minimum absolute atomic E-state index is 0.0673. The van der Waals surface area contributed by atoms with E-state index in [2.05, 4.69) is 19.8 Å². The summed E-state index contributed by atoms with van der Waals surface area (Å²) in [6.45, 7) is 3.90. The van der Waals surface area contributed by atoms with Crippen LogP contribution in [-0.2, 0) is 4.79 Å². The Labute approximate surface area is 198 Å². The Morgan fingerprint density at radius 3 is 2.59 bits per heavy atom. The van der Waals surface area contributed by atoms with E-state index in [4.69, 9.17) is 4.74 Å². The molecule has 4 aromatic rings. The third-order valence-electron chi connectivity index (χ3n) is 6.25. The van der Waals surface area contributed by atoms with E-state index >= 15 is 0 Å². The maximum atomic E-state index is 13.6. The summed E-state index contributed by atoms with van der Waals surface area (Å²) in [5.74, 6) is 1.89. The summed E-state index contributed by atoms with van der Waals surface area (Å²) in [5.41, 5.74) is 2.31. The number of likely N-dealkylation sites (tertiary alicyclic amines) is 1. The van der Waals surface area contributed by atoms with Gasteiger partial charge in [-0.1, -0.05) is 30.3 Å². The number of piperidine rings is 1. The molecule has 1 saturated heterocycles. The number of aromatic nitrogens is 2. The fraction of sp³-hybridized carbons (Fsp3) is 0.259. The van der Waals surface area contributed by atoms with Crippen LogP contribution in [0.15, 0.2) is 72.8 Å². The maximum Gasteiger partial charge on any atom is 0.238 e. The van der Waals surface area contributed by atoms with Gasteiger partial charge < -0.3 is 14.6 Å². The average Bonchev–Trinajstić information content (AvgIpc) is 3.16. The monoisotopic (exact) mass is 458 g/mol. The molecule has 0 radical (unpaired) electrons. The first-order chi connectivity index (χ1) is 16.6. The topological polar surface area (TPSA) is 59.4 Å². The van der Waals surface area contributed by atoms with Crippen LogP contribution in [0.4, 0.5) is 10.1 Å². The fourth-order valence-electron chi connectivity index (χ4n) is 4.66. The van der Waals surface area contributed by atoms with Crippen molar-refractivity contribution in [1.29, 1.82) is 0 Å². The number of carbonyl (C=O) groups excluding carboxylic acids is 1. The lowest BCUT2D eigenvalue weighted by Crippen LogP contribution is -2.39. The molecule has 5 rings (SSSR count). The molecular formula is C27H27FN4O2. The molecule has 1 fully saturated rings. The van der Waals surface area contributed by atoms with Crippen molar-refractivity contribution in [3.8, 4) is 11.5 Å². The zero-order valence-corrected chi connectivity index (χ0v) is 19.1. The highest BCUT2D eigenvalue weighted by Gasteiger charge is 2.25. The molecule has 1 N–H and O–H groups in total. The van der Waals surface area contributed by atoms with Gasteiger partial charge in [-0.2, -0.15) is 0 Å². The second-order valence-electron chi connectivity index (χ2n) is 8.63. The Balaban J connectivity index is 1.19. The number of nitrogens with one attached hydrogen (secondary N) is 1. The largest absolute Gasteiger partial charge is 0.455 e.